The number of nitrogens with zero attached hydrogens (tertiary/aromatic N) is 1. The standard InChI is InChI=1S/C51H33NO/c1-2-13-34(14-3-1)35-27-29-38(30-28-35)52(47-22-12-24-49-50(47)42-18-7-11-23-48(42)53-49)39-31-32-41-40-17-6-10-21-45(40)51(46(41)33-39)43-19-8-4-15-36(43)25-26-37-16-5-9-20-44(37)51/h1-33H. The van der Waals surface area contributed by atoms with Gasteiger partial charge in [-0.25, -0.2) is 0 Å². The van der Waals surface area contributed by atoms with Gasteiger partial charge in [0.1, 0.15) is 11.2 Å². The van der Waals surface area contributed by atoms with Crippen molar-refractivity contribution in [3.8, 4) is 22.3 Å². The summed E-state index contributed by atoms with van der Waals surface area (Å²) in [6, 6.07) is 68.3. The summed E-state index contributed by atoms with van der Waals surface area (Å²) in [4.78, 5) is 2.42. The third-order valence-corrected chi connectivity index (χ3v) is 11.3. The predicted octanol–water partition coefficient (Wildman–Crippen LogP) is 13.6. The first-order valence-corrected chi connectivity index (χ1v) is 18.3. The van der Waals surface area contributed by atoms with Crippen LogP contribution >= 0.6 is 0 Å². The molecule has 1 aromatic heterocycles. The molecule has 0 saturated carbocycles. The lowest BCUT2D eigenvalue weighted by Gasteiger charge is -2.36. The molecule has 2 nitrogen and oxygen atoms in total. The minimum Gasteiger partial charge on any atom is -0.456 e. The second-order valence-corrected chi connectivity index (χ2v) is 14.0. The van der Waals surface area contributed by atoms with E-state index >= 15 is 0 Å². The molecule has 0 unspecified atom stereocenters. The van der Waals surface area contributed by atoms with Gasteiger partial charge < -0.3 is 9.32 Å². The third kappa shape index (κ3) is 4.33. The van der Waals surface area contributed by atoms with Gasteiger partial charge in [0.25, 0.3) is 0 Å². The van der Waals surface area contributed by atoms with Crippen LogP contribution in [0.1, 0.15) is 33.4 Å². The molecule has 0 fully saturated rings. The maximum absolute atomic E-state index is 6.46. The molecule has 0 radical (unpaired) electrons. The van der Waals surface area contributed by atoms with E-state index in [-0.39, 0.29) is 0 Å². The van der Waals surface area contributed by atoms with Crippen molar-refractivity contribution < 1.29 is 4.42 Å². The van der Waals surface area contributed by atoms with Crippen molar-refractivity contribution in [2.45, 2.75) is 5.41 Å². The van der Waals surface area contributed by atoms with Crippen molar-refractivity contribution in [2.75, 3.05) is 4.90 Å². The molecule has 2 aliphatic rings. The first kappa shape index (κ1) is 29.8. The van der Waals surface area contributed by atoms with Crippen LogP contribution in [0.4, 0.5) is 17.1 Å². The normalized spacial score (nSPS) is 13.4. The van der Waals surface area contributed by atoms with Crippen LogP contribution in [0.5, 0.6) is 0 Å². The van der Waals surface area contributed by atoms with Crippen molar-refractivity contribution in [3.05, 3.63) is 221 Å². The highest BCUT2D eigenvalue weighted by Gasteiger charge is 2.48. The van der Waals surface area contributed by atoms with Crippen molar-refractivity contribution in [1.29, 1.82) is 0 Å². The molecule has 9 aromatic rings. The first-order chi connectivity index (χ1) is 26.3. The van der Waals surface area contributed by atoms with Crippen molar-refractivity contribution in [1.82, 2.24) is 0 Å². The Bertz CT molecular complexity index is 2850. The van der Waals surface area contributed by atoms with Crippen LogP contribution in [0.15, 0.2) is 192 Å². The maximum Gasteiger partial charge on any atom is 0.137 e. The van der Waals surface area contributed by atoms with Gasteiger partial charge in [0, 0.05) is 16.8 Å². The molecule has 53 heavy (non-hydrogen) atoms. The Kier molecular flexibility index (Phi) is 6.50. The summed E-state index contributed by atoms with van der Waals surface area (Å²) in [5, 5.41) is 2.20. The zero-order valence-electron chi connectivity index (χ0n) is 28.9. The molecule has 0 aliphatic heterocycles. The molecular formula is C51H33NO. The van der Waals surface area contributed by atoms with Gasteiger partial charge in [0.2, 0.25) is 0 Å². The van der Waals surface area contributed by atoms with E-state index in [4.69, 9.17) is 4.42 Å². The van der Waals surface area contributed by atoms with Crippen LogP contribution < -0.4 is 4.90 Å². The molecule has 2 heteroatoms. The van der Waals surface area contributed by atoms with Crippen LogP contribution in [-0.4, -0.2) is 0 Å². The van der Waals surface area contributed by atoms with Gasteiger partial charge in [-0.1, -0.05) is 158 Å². The van der Waals surface area contributed by atoms with Gasteiger partial charge >= 0.3 is 0 Å². The number of para-hydroxylation sites is 1. The number of rotatable bonds is 4. The molecule has 0 amide bonds. The Hall–Kier alpha value is -6.90. The average molecular weight is 676 g/mol. The quantitative estimate of drug-likeness (QED) is 0.185. The summed E-state index contributed by atoms with van der Waals surface area (Å²) in [5.74, 6) is 0. The molecule has 1 heterocycles. The van der Waals surface area contributed by atoms with E-state index in [0.29, 0.717) is 0 Å². The molecule has 0 bridgehead atoms. The fraction of sp³-hybridized carbons (Fsp3) is 0.0196. The summed E-state index contributed by atoms with van der Waals surface area (Å²) in [7, 11) is 0. The van der Waals surface area contributed by atoms with Crippen molar-refractivity contribution >= 4 is 51.2 Å². The van der Waals surface area contributed by atoms with Gasteiger partial charge in [0.05, 0.1) is 16.5 Å². The minimum atomic E-state index is -0.518. The highest BCUT2D eigenvalue weighted by molar-refractivity contribution is 6.13. The highest BCUT2D eigenvalue weighted by Crippen LogP contribution is 2.59. The van der Waals surface area contributed by atoms with Crippen LogP contribution in [0, 0.1) is 0 Å². The molecular weight excluding hydrogens is 643 g/mol. The smallest absolute Gasteiger partial charge is 0.137 e. The van der Waals surface area contributed by atoms with E-state index in [1.807, 2.05) is 6.07 Å². The molecule has 0 N–H and O–H groups in total. The molecule has 0 saturated heterocycles. The van der Waals surface area contributed by atoms with Gasteiger partial charge in [0.15, 0.2) is 0 Å². The van der Waals surface area contributed by atoms with Crippen molar-refractivity contribution in [3.63, 3.8) is 0 Å². The first-order valence-electron chi connectivity index (χ1n) is 18.3. The summed E-state index contributed by atoms with van der Waals surface area (Å²) >= 11 is 0. The largest absolute Gasteiger partial charge is 0.456 e. The van der Waals surface area contributed by atoms with Gasteiger partial charge in [-0.3, -0.25) is 0 Å². The fourth-order valence-electron chi connectivity index (χ4n) is 9.08. The monoisotopic (exact) mass is 675 g/mol. The Morgan fingerprint density at radius 1 is 0.396 bits per heavy atom. The number of hydrogen-bond donors (Lipinski definition) is 0. The molecule has 1 spiro atoms. The number of hydrogen-bond acceptors (Lipinski definition) is 2. The molecule has 0 atom stereocenters. The average Bonchev–Trinajstić information content (AvgIpc) is 3.70. The van der Waals surface area contributed by atoms with Gasteiger partial charge in [-0.15, -0.1) is 0 Å². The van der Waals surface area contributed by atoms with E-state index in [1.54, 1.807) is 0 Å². The van der Waals surface area contributed by atoms with E-state index < -0.39 is 5.41 Å². The minimum absolute atomic E-state index is 0.518. The second kappa shape index (κ2) is 11.6. The van der Waals surface area contributed by atoms with E-state index in [9.17, 15) is 0 Å². The topological polar surface area (TPSA) is 16.4 Å². The van der Waals surface area contributed by atoms with Gasteiger partial charge in [-0.05, 0) is 98.1 Å². The van der Waals surface area contributed by atoms with E-state index in [0.717, 1.165) is 39.0 Å². The predicted molar refractivity (Wildman–Crippen MR) is 220 cm³/mol. The zero-order valence-corrected chi connectivity index (χ0v) is 28.9. The Morgan fingerprint density at radius 2 is 0.981 bits per heavy atom. The summed E-state index contributed by atoms with van der Waals surface area (Å²) in [5.41, 5.74) is 17.1. The lowest BCUT2D eigenvalue weighted by Crippen LogP contribution is -2.30. The summed E-state index contributed by atoms with van der Waals surface area (Å²) < 4.78 is 6.46. The lowest BCUT2D eigenvalue weighted by atomic mass is 9.66. The highest BCUT2D eigenvalue weighted by atomic mass is 16.3. The van der Waals surface area contributed by atoms with Crippen LogP contribution in [0.2, 0.25) is 0 Å². The summed E-state index contributed by atoms with van der Waals surface area (Å²) in [6.07, 6.45) is 4.58. The van der Waals surface area contributed by atoms with Gasteiger partial charge in [-0.2, -0.15) is 0 Å². The fourth-order valence-corrected chi connectivity index (χ4v) is 9.08. The number of anilines is 3. The van der Waals surface area contributed by atoms with Crippen LogP contribution in [-0.2, 0) is 5.41 Å². The Morgan fingerprint density at radius 3 is 1.75 bits per heavy atom. The SMILES string of the molecule is C1=Cc2ccccc2C2(c3ccccc31)c1ccccc1-c1ccc(N(c3ccc(-c4ccccc4)cc3)c3cccc4oc5ccccc5c34)cc12. The lowest BCUT2D eigenvalue weighted by molar-refractivity contribution is 0.669. The zero-order chi connectivity index (χ0) is 34.9. The van der Waals surface area contributed by atoms with E-state index in [1.165, 1.54) is 55.6 Å². The number of fused-ring (bicyclic) bond motifs is 12. The Labute approximate surface area is 308 Å². The molecule has 8 aromatic carbocycles. The maximum atomic E-state index is 6.46. The summed E-state index contributed by atoms with van der Waals surface area (Å²) in [6.45, 7) is 0. The molecule has 11 rings (SSSR count). The van der Waals surface area contributed by atoms with Crippen LogP contribution in [0.3, 0.4) is 0 Å². The van der Waals surface area contributed by atoms with Crippen molar-refractivity contribution in [2.24, 2.45) is 0 Å². The van der Waals surface area contributed by atoms with E-state index in [2.05, 4.69) is 199 Å². The Balaban J connectivity index is 1.21. The molecule has 248 valence electrons. The third-order valence-electron chi connectivity index (χ3n) is 11.3. The second-order valence-electron chi connectivity index (χ2n) is 14.0. The number of benzene rings is 8. The molecule has 2 aliphatic carbocycles. The van der Waals surface area contributed by atoms with Crippen LogP contribution in [0.25, 0.3) is 56.3 Å². The number of furan rings is 1.